The Morgan fingerprint density at radius 1 is 1.10 bits per heavy atom. The van der Waals surface area contributed by atoms with Gasteiger partial charge in [0.05, 0.1) is 11.1 Å². The molecule has 148 valence electrons. The van der Waals surface area contributed by atoms with Crippen LogP contribution < -0.4 is 10.9 Å². The van der Waals surface area contributed by atoms with Crippen LogP contribution in [0, 0.1) is 20.8 Å². The number of benzene rings is 1. The number of nitrogens with one attached hydrogen (secondary N) is 2. The van der Waals surface area contributed by atoms with Crippen molar-refractivity contribution in [2.75, 3.05) is 5.32 Å². The number of anilines is 1. The maximum atomic E-state index is 13.1. The second-order valence-corrected chi connectivity index (χ2v) is 8.35. The molecule has 0 atom stereocenters. The topological polar surface area (TPSA) is 62.2 Å². The Hall–Kier alpha value is -3.08. The first-order chi connectivity index (χ1) is 14.0. The van der Waals surface area contributed by atoms with Gasteiger partial charge < -0.3 is 10.3 Å². The summed E-state index contributed by atoms with van der Waals surface area (Å²) in [5.41, 5.74) is 6.45. The quantitative estimate of drug-likeness (QED) is 0.513. The molecule has 0 spiro atoms. The van der Waals surface area contributed by atoms with Gasteiger partial charge in [0.2, 0.25) is 0 Å². The van der Waals surface area contributed by atoms with Gasteiger partial charge in [-0.2, -0.15) is 0 Å². The SMILES string of the molecule is Cc1ccn2c(NC3CCCC3)c(-c3cc4ccc(C)c(C)c4[nH]c3=O)nc2c1. The Balaban J connectivity index is 1.74. The molecule has 0 amide bonds. The Morgan fingerprint density at radius 3 is 2.69 bits per heavy atom. The molecule has 1 saturated carbocycles. The molecular weight excluding hydrogens is 360 g/mol. The van der Waals surface area contributed by atoms with Gasteiger partial charge in [0.15, 0.2) is 0 Å². The highest BCUT2D eigenvalue weighted by molar-refractivity contribution is 5.88. The largest absolute Gasteiger partial charge is 0.367 e. The van der Waals surface area contributed by atoms with Crippen LogP contribution in [0.1, 0.15) is 42.4 Å². The van der Waals surface area contributed by atoms with E-state index in [2.05, 4.69) is 52.8 Å². The van der Waals surface area contributed by atoms with Crippen LogP contribution in [-0.4, -0.2) is 20.4 Å². The van der Waals surface area contributed by atoms with E-state index in [4.69, 9.17) is 4.98 Å². The molecule has 5 nitrogen and oxygen atoms in total. The number of hydrogen-bond acceptors (Lipinski definition) is 3. The minimum Gasteiger partial charge on any atom is -0.367 e. The number of aryl methyl sites for hydroxylation is 3. The number of aromatic nitrogens is 3. The van der Waals surface area contributed by atoms with Crippen molar-refractivity contribution in [2.24, 2.45) is 0 Å². The van der Waals surface area contributed by atoms with Crippen molar-refractivity contribution in [1.82, 2.24) is 14.4 Å². The lowest BCUT2D eigenvalue weighted by molar-refractivity contribution is 0.749. The third-order valence-electron chi connectivity index (χ3n) is 6.28. The van der Waals surface area contributed by atoms with Crippen LogP contribution in [0.4, 0.5) is 5.82 Å². The Labute approximate surface area is 169 Å². The van der Waals surface area contributed by atoms with Crippen LogP contribution in [0.3, 0.4) is 0 Å². The van der Waals surface area contributed by atoms with E-state index in [1.165, 1.54) is 18.4 Å². The van der Waals surface area contributed by atoms with E-state index in [0.29, 0.717) is 11.6 Å². The zero-order valence-corrected chi connectivity index (χ0v) is 17.2. The fourth-order valence-electron chi connectivity index (χ4n) is 4.44. The molecule has 0 saturated heterocycles. The molecule has 29 heavy (non-hydrogen) atoms. The molecule has 0 bridgehead atoms. The lowest BCUT2D eigenvalue weighted by atomic mass is 10.0. The average Bonchev–Trinajstić information content (AvgIpc) is 3.33. The molecule has 0 unspecified atom stereocenters. The van der Waals surface area contributed by atoms with Crippen molar-refractivity contribution in [3.05, 3.63) is 63.6 Å². The van der Waals surface area contributed by atoms with Crippen LogP contribution in [0.15, 0.2) is 41.3 Å². The van der Waals surface area contributed by atoms with Crippen LogP contribution in [0.25, 0.3) is 27.8 Å². The fraction of sp³-hybridized carbons (Fsp3) is 0.333. The highest BCUT2D eigenvalue weighted by atomic mass is 16.1. The summed E-state index contributed by atoms with van der Waals surface area (Å²) in [6.07, 6.45) is 6.85. The number of pyridine rings is 2. The van der Waals surface area contributed by atoms with Gasteiger partial charge in [0.1, 0.15) is 17.2 Å². The molecule has 4 aromatic rings. The first-order valence-electron chi connectivity index (χ1n) is 10.4. The molecule has 5 rings (SSSR count). The van der Waals surface area contributed by atoms with Crippen molar-refractivity contribution in [1.29, 1.82) is 0 Å². The number of aromatic amines is 1. The lowest BCUT2D eigenvalue weighted by Gasteiger charge is -2.15. The second kappa shape index (κ2) is 6.76. The standard InChI is InChI=1S/C24H26N4O/c1-14-10-11-28-20(12-14)26-22(23(28)25-18-6-4-5-7-18)19-13-17-9-8-15(2)16(3)21(17)27-24(19)29/h8-13,18,25H,4-7H2,1-3H3,(H,27,29). The molecule has 5 heteroatoms. The Morgan fingerprint density at radius 2 is 1.90 bits per heavy atom. The molecule has 1 aromatic carbocycles. The summed E-state index contributed by atoms with van der Waals surface area (Å²) in [7, 11) is 0. The average molecular weight is 386 g/mol. The van der Waals surface area contributed by atoms with Crippen LogP contribution in [0.5, 0.6) is 0 Å². The van der Waals surface area contributed by atoms with E-state index in [9.17, 15) is 4.79 Å². The van der Waals surface area contributed by atoms with E-state index in [1.807, 2.05) is 19.2 Å². The highest BCUT2D eigenvalue weighted by Gasteiger charge is 2.22. The zero-order chi connectivity index (χ0) is 20.1. The number of rotatable bonds is 3. The summed E-state index contributed by atoms with van der Waals surface area (Å²) in [6.45, 7) is 6.18. The maximum absolute atomic E-state index is 13.1. The predicted octanol–water partition coefficient (Wildman–Crippen LogP) is 5.12. The summed E-state index contributed by atoms with van der Waals surface area (Å²) in [4.78, 5) is 21.1. The fourth-order valence-corrected chi connectivity index (χ4v) is 4.44. The van der Waals surface area contributed by atoms with Gasteiger partial charge in [-0.15, -0.1) is 0 Å². The van der Waals surface area contributed by atoms with Gasteiger partial charge in [-0.3, -0.25) is 9.20 Å². The lowest BCUT2D eigenvalue weighted by Crippen LogP contribution is -2.17. The van der Waals surface area contributed by atoms with Gasteiger partial charge in [-0.25, -0.2) is 4.98 Å². The monoisotopic (exact) mass is 386 g/mol. The predicted molar refractivity (Wildman–Crippen MR) is 119 cm³/mol. The van der Waals surface area contributed by atoms with Crippen molar-refractivity contribution < 1.29 is 0 Å². The number of imidazole rings is 1. The third-order valence-corrected chi connectivity index (χ3v) is 6.28. The van der Waals surface area contributed by atoms with Gasteiger partial charge in [0, 0.05) is 12.2 Å². The third kappa shape index (κ3) is 3.01. The normalized spacial score (nSPS) is 14.9. The summed E-state index contributed by atoms with van der Waals surface area (Å²) in [5, 5.41) is 4.72. The van der Waals surface area contributed by atoms with Crippen molar-refractivity contribution >= 4 is 22.4 Å². The number of H-pyrrole nitrogens is 1. The van der Waals surface area contributed by atoms with Crippen LogP contribution >= 0.6 is 0 Å². The van der Waals surface area contributed by atoms with Crippen molar-refractivity contribution in [2.45, 2.75) is 52.5 Å². The minimum absolute atomic E-state index is 0.0965. The maximum Gasteiger partial charge on any atom is 0.258 e. The number of hydrogen-bond donors (Lipinski definition) is 2. The molecule has 0 aliphatic heterocycles. The van der Waals surface area contributed by atoms with E-state index in [1.54, 1.807) is 0 Å². The van der Waals surface area contributed by atoms with Crippen molar-refractivity contribution in [3.63, 3.8) is 0 Å². The van der Waals surface area contributed by atoms with E-state index < -0.39 is 0 Å². The molecular formula is C24H26N4O. The first kappa shape index (κ1) is 18.0. The molecule has 3 aromatic heterocycles. The molecule has 2 N–H and O–H groups in total. The summed E-state index contributed by atoms with van der Waals surface area (Å²) < 4.78 is 2.07. The molecule has 1 aliphatic carbocycles. The molecule has 0 radical (unpaired) electrons. The molecule has 1 fully saturated rings. The van der Waals surface area contributed by atoms with Gasteiger partial charge in [0.25, 0.3) is 5.56 Å². The smallest absolute Gasteiger partial charge is 0.258 e. The molecule has 3 heterocycles. The van der Waals surface area contributed by atoms with E-state index >= 15 is 0 Å². The van der Waals surface area contributed by atoms with Crippen molar-refractivity contribution in [3.8, 4) is 11.3 Å². The minimum atomic E-state index is -0.0965. The van der Waals surface area contributed by atoms with Gasteiger partial charge in [-0.1, -0.05) is 25.0 Å². The van der Waals surface area contributed by atoms with Gasteiger partial charge >= 0.3 is 0 Å². The summed E-state index contributed by atoms with van der Waals surface area (Å²) in [5.74, 6) is 0.917. The Kier molecular flexibility index (Phi) is 4.19. The Bertz CT molecular complexity index is 1290. The highest BCUT2D eigenvalue weighted by Crippen LogP contribution is 2.32. The number of fused-ring (bicyclic) bond motifs is 2. The van der Waals surface area contributed by atoms with E-state index in [0.717, 1.165) is 52.0 Å². The van der Waals surface area contributed by atoms with E-state index in [-0.39, 0.29) is 5.56 Å². The summed E-state index contributed by atoms with van der Waals surface area (Å²) >= 11 is 0. The van der Waals surface area contributed by atoms with Crippen LogP contribution in [-0.2, 0) is 0 Å². The van der Waals surface area contributed by atoms with Gasteiger partial charge in [-0.05, 0) is 73.9 Å². The zero-order valence-electron chi connectivity index (χ0n) is 17.2. The second-order valence-electron chi connectivity index (χ2n) is 8.35. The molecule has 1 aliphatic rings. The number of nitrogens with zero attached hydrogens (tertiary/aromatic N) is 2. The van der Waals surface area contributed by atoms with Crippen LogP contribution in [0.2, 0.25) is 0 Å². The summed E-state index contributed by atoms with van der Waals surface area (Å²) in [6, 6.07) is 10.7. The first-order valence-corrected chi connectivity index (χ1v) is 10.4.